The lowest BCUT2D eigenvalue weighted by Crippen LogP contribution is -2.49. The highest BCUT2D eigenvalue weighted by atomic mass is 16.5. The van der Waals surface area contributed by atoms with Crippen molar-refractivity contribution in [2.75, 3.05) is 25.1 Å². The molecule has 0 aliphatic rings. The maximum atomic E-state index is 9.26. The van der Waals surface area contributed by atoms with Crippen LogP contribution in [-0.4, -0.2) is 51.8 Å². The van der Waals surface area contributed by atoms with Crippen molar-refractivity contribution < 1.29 is 20.1 Å². The zero-order valence-corrected chi connectivity index (χ0v) is 10.6. The van der Waals surface area contributed by atoms with Gasteiger partial charge < -0.3 is 25.4 Å². The molecule has 4 N–H and O–H groups in total. The van der Waals surface area contributed by atoms with Gasteiger partial charge in [-0.05, 0) is 26.0 Å². The molecule has 102 valence electrons. The van der Waals surface area contributed by atoms with Gasteiger partial charge in [-0.15, -0.1) is 0 Å². The van der Waals surface area contributed by atoms with Gasteiger partial charge in [0.05, 0.1) is 25.9 Å². The molecule has 0 saturated heterocycles. The van der Waals surface area contributed by atoms with Crippen molar-refractivity contribution in [1.82, 2.24) is 4.98 Å². The molecule has 0 bridgehead atoms. The third-order valence-corrected chi connectivity index (χ3v) is 2.42. The minimum absolute atomic E-state index is 0.0264. The number of nitrogens with zero attached hydrogens (tertiary/aromatic N) is 1. The molecule has 6 nitrogen and oxygen atoms in total. The molecule has 18 heavy (non-hydrogen) atoms. The van der Waals surface area contributed by atoms with E-state index in [0.29, 0.717) is 11.6 Å². The summed E-state index contributed by atoms with van der Waals surface area (Å²) in [6.45, 7) is 2.51. The number of nitrogens with one attached hydrogen (secondary N) is 1. The smallest absolute Gasteiger partial charge is 0.169 e. The van der Waals surface area contributed by atoms with Gasteiger partial charge in [-0.2, -0.15) is 0 Å². The lowest BCUT2D eigenvalue weighted by Gasteiger charge is -2.30. The number of hydrogen-bond donors (Lipinski definition) is 4. The normalized spacial score (nSPS) is 11.7. The third-order valence-electron chi connectivity index (χ3n) is 2.42. The second-order valence-corrected chi connectivity index (χ2v) is 4.40. The van der Waals surface area contributed by atoms with Crippen LogP contribution in [0.1, 0.15) is 13.8 Å². The Hall–Kier alpha value is -1.37. The molecule has 0 fully saturated rings. The number of rotatable bonds is 7. The maximum Gasteiger partial charge on any atom is 0.169 e. The molecule has 0 aliphatic heterocycles. The molecule has 1 heterocycles. The van der Waals surface area contributed by atoms with E-state index in [4.69, 9.17) is 4.74 Å². The fourth-order valence-corrected chi connectivity index (χ4v) is 1.35. The molecule has 0 spiro atoms. The van der Waals surface area contributed by atoms with Gasteiger partial charge in [0.2, 0.25) is 0 Å². The molecule has 0 atom stereocenters. The van der Waals surface area contributed by atoms with E-state index in [1.807, 2.05) is 13.8 Å². The zero-order valence-electron chi connectivity index (χ0n) is 10.6. The monoisotopic (exact) mass is 256 g/mol. The van der Waals surface area contributed by atoms with E-state index in [1.165, 1.54) is 0 Å². The Morgan fingerprint density at radius 3 is 2.39 bits per heavy atom. The van der Waals surface area contributed by atoms with Gasteiger partial charge in [0.1, 0.15) is 5.54 Å². The minimum atomic E-state index is -1.22. The van der Waals surface area contributed by atoms with Gasteiger partial charge in [-0.1, -0.05) is 0 Å². The van der Waals surface area contributed by atoms with Crippen molar-refractivity contribution in [2.24, 2.45) is 0 Å². The van der Waals surface area contributed by atoms with Gasteiger partial charge in [-0.3, -0.25) is 0 Å². The number of hydrogen-bond acceptors (Lipinski definition) is 6. The summed E-state index contributed by atoms with van der Waals surface area (Å²) in [5.74, 6) is 0.885. The first-order valence-electron chi connectivity index (χ1n) is 5.79. The fraction of sp³-hybridized carbons (Fsp3) is 0.583. The van der Waals surface area contributed by atoms with Crippen molar-refractivity contribution in [3.8, 4) is 5.75 Å². The molecular formula is C12H20N2O4. The number of ether oxygens (including phenoxy) is 1. The first kappa shape index (κ1) is 14.7. The highest BCUT2D eigenvalue weighted by Crippen LogP contribution is 2.25. The quantitative estimate of drug-likeness (QED) is 0.548. The van der Waals surface area contributed by atoms with E-state index in [2.05, 4.69) is 10.3 Å². The number of anilines is 1. The van der Waals surface area contributed by atoms with E-state index in [-0.39, 0.29) is 6.10 Å². The summed E-state index contributed by atoms with van der Waals surface area (Å²) in [6.07, 6.45) is 1.54. The van der Waals surface area contributed by atoms with Crippen LogP contribution in [0, 0.1) is 0 Å². The molecule has 1 aromatic rings. The minimum Gasteiger partial charge on any atom is -0.487 e. The van der Waals surface area contributed by atoms with E-state index < -0.39 is 25.4 Å². The Morgan fingerprint density at radius 2 is 1.89 bits per heavy atom. The van der Waals surface area contributed by atoms with Crippen LogP contribution in [0.5, 0.6) is 5.75 Å². The summed E-state index contributed by atoms with van der Waals surface area (Å²) in [5.41, 5.74) is -1.22. The summed E-state index contributed by atoms with van der Waals surface area (Å²) in [5, 5.41) is 30.6. The molecule has 0 saturated carbocycles. The molecule has 1 aromatic heterocycles. The molecule has 0 aliphatic carbocycles. The highest BCUT2D eigenvalue weighted by Gasteiger charge is 2.29. The summed E-state index contributed by atoms with van der Waals surface area (Å²) in [4.78, 5) is 4.09. The number of aromatic nitrogens is 1. The Bertz CT molecular complexity index is 359. The summed E-state index contributed by atoms with van der Waals surface area (Å²) in [6, 6.07) is 3.45. The fourth-order valence-electron chi connectivity index (χ4n) is 1.35. The molecule has 0 radical (unpaired) electrons. The maximum absolute atomic E-state index is 9.26. The van der Waals surface area contributed by atoms with Crippen LogP contribution >= 0.6 is 0 Å². The van der Waals surface area contributed by atoms with Crippen molar-refractivity contribution >= 4 is 5.82 Å². The summed E-state index contributed by atoms with van der Waals surface area (Å²) < 4.78 is 5.55. The highest BCUT2D eigenvalue weighted by molar-refractivity contribution is 5.51. The summed E-state index contributed by atoms with van der Waals surface area (Å²) >= 11 is 0. The average Bonchev–Trinajstić information content (AvgIpc) is 2.37. The number of aliphatic hydroxyl groups excluding tert-OH is 3. The Morgan fingerprint density at radius 1 is 1.28 bits per heavy atom. The Labute approximate surface area is 106 Å². The van der Waals surface area contributed by atoms with Crippen LogP contribution in [0.3, 0.4) is 0 Å². The third kappa shape index (κ3) is 3.56. The Kier molecular flexibility index (Phi) is 5.33. The standard InChI is InChI=1S/C12H20N2O4/c1-9(2)18-10-4-3-5-13-11(10)14-12(6-15,7-16)8-17/h3-5,9,15-17H,6-8H2,1-2H3,(H,13,14). The van der Waals surface area contributed by atoms with Crippen LogP contribution in [0.15, 0.2) is 18.3 Å². The van der Waals surface area contributed by atoms with Crippen molar-refractivity contribution in [3.63, 3.8) is 0 Å². The number of aliphatic hydroxyl groups is 3. The predicted octanol–water partition coefficient (Wildman–Crippen LogP) is -0.00360. The Balaban J connectivity index is 2.95. The van der Waals surface area contributed by atoms with Gasteiger partial charge >= 0.3 is 0 Å². The number of pyridine rings is 1. The summed E-state index contributed by atoms with van der Waals surface area (Å²) in [7, 11) is 0. The molecular weight excluding hydrogens is 236 g/mol. The van der Waals surface area contributed by atoms with Crippen LogP contribution in [0.2, 0.25) is 0 Å². The van der Waals surface area contributed by atoms with Gasteiger partial charge in [0.15, 0.2) is 11.6 Å². The largest absolute Gasteiger partial charge is 0.487 e. The second-order valence-electron chi connectivity index (χ2n) is 4.40. The molecule has 0 unspecified atom stereocenters. The van der Waals surface area contributed by atoms with E-state index in [9.17, 15) is 15.3 Å². The molecule has 1 rings (SSSR count). The van der Waals surface area contributed by atoms with E-state index in [1.54, 1.807) is 18.3 Å². The van der Waals surface area contributed by atoms with Gasteiger partial charge in [0.25, 0.3) is 0 Å². The first-order chi connectivity index (χ1) is 8.56. The predicted molar refractivity (Wildman–Crippen MR) is 67.6 cm³/mol. The first-order valence-corrected chi connectivity index (χ1v) is 5.79. The van der Waals surface area contributed by atoms with Crippen LogP contribution in [-0.2, 0) is 0 Å². The lowest BCUT2D eigenvalue weighted by molar-refractivity contribution is 0.0828. The molecule has 0 amide bonds. The van der Waals surface area contributed by atoms with Crippen LogP contribution < -0.4 is 10.1 Å². The van der Waals surface area contributed by atoms with Crippen molar-refractivity contribution in [2.45, 2.75) is 25.5 Å². The van der Waals surface area contributed by atoms with Crippen molar-refractivity contribution in [1.29, 1.82) is 0 Å². The SMILES string of the molecule is CC(C)Oc1cccnc1NC(CO)(CO)CO. The topological polar surface area (TPSA) is 94.8 Å². The van der Waals surface area contributed by atoms with Crippen LogP contribution in [0.25, 0.3) is 0 Å². The van der Waals surface area contributed by atoms with Crippen LogP contribution in [0.4, 0.5) is 5.82 Å². The lowest BCUT2D eigenvalue weighted by atomic mass is 10.0. The zero-order chi connectivity index (χ0) is 13.6. The molecule has 0 aromatic carbocycles. The van der Waals surface area contributed by atoms with Gasteiger partial charge in [-0.25, -0.2) is 4.98 Å². The second kappa shape index (κ2) is 6.53. The van der Waals surface area contributed by atoms with E-state index in [0.717, 1.165) is 0 Å². The van der Waals surface area contributed by atoms with E-state index >= 15 is 0 Å². The van der Waals surface area contributed by atoms with Crippen molar-refractivity contribution in [3.05, 3.63) is 18.3 Å². The van der Waals surface area contributed by atoms with Gasteiger partial charge in [0, 0.05) is 6.20 Å². The molecule has 6 heteroatoms. The average molecular weight is 256 g/mol.